The molecule has 8 heteroatoms. The van der Waals surface area contributed by atoms with Gasteiger partial charge >= 0.3 is 0 Å². The van der Waals surface area contributed by atoms with Crippen molar-refractivity contribution in [1.29, 1.82) is 0 Å². The second kappa shape index (κ2) is 14.0. The van der Waals surface area contributed by atoms with Crippen molar-refractivity contribution in [2.45, 2.75) is 70.9 Å². The molecule has 1 saturated carbocycles. The van der Waals surface area contributed by atoms with Crippen LogP contribution in [0.1, 0.15) is 57.1 Å². The molecule has 2 heterocycles. The van der Waals surface area contributed by atoms with Crippen molar-refractivity contribution >= 4 is 28.4 Å². The predicted molar refractivity (Wildman–Crippen MR) is 171 cm³/mol. The summed E-state index contributed by atoms with van der Waals surface area (Å²) in [6.45, 7) is 6.26. The van der Waals surface area contributed by atoms with Gasteiger partial charge in [-0.3, -0.25) is 9.59 Å². The summed E-state index contributed by atoms with van der Waals surface area (Å²) in [6.07, 6.45) is 8.84. The van der Waals surface area contributed by atoms with Gasteiger partial charge in [0, 0.05) is 61.0 Å². The van der Waals surface area contributed by atoms with E-state index < -0.39 is 0 Å². The van der Waals surface area contributed by atoms with Gasteiger partial charge in [-0.2, -0.15) is 0 Å². The summed E-state index contributed by atoms with van der Waals surface area (Å²) in [5.41, 5.74) is 3.45. The van der Waals surface area contributed by atoms with E-state index >= 15 is 0 Å². The molecule has 3 aromatic rings. The normalized spacial score (nSPS) is 20.7. The van der Waals surface area contributed by atoms with Crippen LogP contribution in [0.2, 0.25) is 0 Å². The second-order valence-corrected chi connectivity index (χ2v) is 12.9. The summed E-state index contributed by atoms with van der Waals surface area (Å²) in [6, 6.07) is 13.4. The van der Waals surface area contributed by atoms with E-state index in [4.69, 9.17) is 4.74 Å². The van der Waals surface area contributed by atoms with Gasteiger partial charge in [0.15, 0.2) is 0 Å². The van der Waals surface area contributed by atoms with E-state index in [1.165, 1.54) is 32.1 Å². The third kappa shape index (κ3) is 7.60. The maximum atomic E-state index is 13.6. The Hall–Kier alpha value is -3.36. The first kappa shape index (κ1) is 31.1. The quantitative estimate of drug-likeness (QED) is 0.367. The fourth-order valence-electron chi connectivity index (χ4n) is 6.86. The molecule has 1 aliphatic heterocycles. The lowest BCUT2D eigenvalue weighted by molar-refractivity contribution is -0.134. The first-order chi connectivity index (χ1) is 20.7. The smallest absolute Gasteiger partial charge is 0.228 e. The number of aliphatic hydroxyl groups excluding tert-OH is 1. The van der Waals surface area contributed by atoms with E-state index in [-0.39, 0.29) is 49.3 Å². The molecule has 2 amide bonds. The molecule has 232 valence electrons. The highest BCUT2D eigenvalue weighted by atomic mass is 16.5. The molecule has 0 unspecified atom stereocenters. The van der Waals surface area contributed by atoms with E-state index in [0.717, 1.165) is 41.0 Å². The first-order valence-electron chi connectivity index (χ1n) is 15.9. The van der Waals surface area contributed by atoms with Crippen LogP contribution in [0.15, 0.2) is 48.7 Å². The fraction of sp³-hybridized carbons (Fsp3) is 0.543. The van der Waals surface area contributed by atoms with Crippen molar-refractivity contribution in [2.24, 2.45) is 18.9 Å². The molecular formula is C35H48N4O4. The van der Waals surface area contributed by atoms with Crippen LogP contribution >= 0.6 is 0 Å². The third-order valence-corrected chi connectivity index (χ3v) is 9.32. The largest absolute Gasteiger partial charge is 0.488 e. The Morgan fingerprint density at radius 1 is 1.14 bits per heavy atom. The molecule has 0 radical (unpaired) electrons. The van der Waals surface area contributed by atoms with Crippen molar-refractivity contribution < 1.29 is 19.4 Å². The molecule has 0 saturated heterocycles. The molecule has 2 aromatic carbocycles. The first-order valence-corrected chi connectivity index (χ1v) is 15.9. The zero-order valence-corrected chi connectivity index (χ0v) is 26.2. The number of aromatic nitrogens is 1. The van der Waals surface area contributed by atoms with Crippen LogP contribution in [0.4, 0.5) is 5.69 Å². The van der Waals surface area contributed by atoms with E-state index in [2.05, 4.69) is 24.2 Å². The Labute approximate surface area is 256 Å². The van der Waals surface area contributed by atoms with Crippen molar-refractivity contribution in [1.82, 2.24) is 14.4 Å². The molecule has 43 heavy (non-hydrogen) atoms. The van der Waals surface area contributed by atoms with Crippen molar-refractivity contribution in [3.63, 3.8) is 0 Å². The van der Waals surface area contributed by atoms with Gasteiger partial charge in [0.25, 0.3) is 0 Å². The molecular weight excluding hydrogens is 540 g/mol. The lowest BCUT2D eigenvalue weighted by atomic mass is 9.89. The van der Waals surface area contributed by atoms with E-state index in [1.54, 1.807) is 4.90 Å². The number of benzene rings is 2. The summed E-state index contributed by atoms with van der Waals surface area (Å²) in [5.74, 6) is 1.32. The average Bonchev–Trinajstić information content (AvgIpc) is 3.32. The molecule has 0 bridgehead atoms. The number of carbonyl (C=O) groups is 2. The van der Waals surface area contributed by atoms with Gasteiger partial charge in [0.1, 0.15) is 11.9 Å². The van der Waals surface area contributed by atoms with E-state index in [0.29, 0.717) is 18.0 Å². The fourth-order valence-corrected chi connectivity index (χ4v) is 6.86. The lowest BCUT2D eigenvalue weighted by Crippen LogP contribution is -2.48. The number of nitrogens with one attached hydrogen (secondary N) is 1. The van der Waals surface area contributed by atoms with Crippen LogP contribution in [0.25, 0.3) is 10.9 Å². The monoisotopic (exact) mass is 588 g/mol. The minimum Gasteiger partial charge on any atom is -0.488 e. The molecule has 8 nitrogen and oxygen atoms in total. The van der Waals surface area contributed by atoms with Gasteiger partial charge in [-0.25, -0.2) is 0 Å². The summed E-state index contributed by atoms with van der Waals surface area (Å²) >= 11 is 0. The Bertz CT molecular complexity index is 1410. The SMILES string of the molecule is C[C@@H]1CN([C@H](C)CO)C(=O)Cc2cc(NC(=O)Cc3cn(C)c4ccccc34)ccc2O[C@H]1CN(C)CC1CCCCC1. The molecule has 3 atom stereocenters. The maximum absolute atomic E-state index is 13.6. The van der Waals surface area contributed by atoms with Crippen LogP contribution in [0, 0.1) is 11.8 Å². The van der Waals surface area contributed by atoms with Crippen molar-refractivity contribution in [2.75, 3.05) is 38.6 Å². The van der Waals surface area contributed by atoms with Gasteiger partial charge in [-0.1, -0.05) is 44.4 Å². The maximum Gasteiger partial charge on any atom is 0.228 e. The highest BCUT2D eigenvalue weighted by Crippen LogP contribution is 2.30. The zero-order chi connectivity index (χ0) is 30.5. The van der Waals surface area contributed by atoms with Crippen LogP contribution in [0.5, 0.6) is 5.75 Å². The number of rotatable bonds is 9. The number of anilines is 1. The Balaban J connectivity index is 1.35. The number of aryl methyl sites for hydroxylation is 1. The molecule has 1 fully saturated rings. The molecule has 1 aliphatic carbocycles. The zero-order valence-electron chi connectivity index (χ0n) is 26.2. The Morgan fingerprint density at radius 2 is 1.91 bits per heavy atom. The summed E-state index contributed by atoms with van der Waals surface area (Å²) < 4.78 is 8.75. The summed E-state index contributed by atoms with van der Waals surface area (Å²) in [7, 11) is 4.16. The topological polar surface area (TPSA) is 87.0 Å². The number of para-hydroxylation sites is 1. The highest BCUT2D eigenvalue weighted by molar-refractivity contribution is 5.96. The number of hydrogen-bond donors (Lipinski definition) is 2. The van der Waals surface area contributed by atoms with E-state index in [9.17, 15) is 14.7 Å². The number of amides is 2. The molecule has 5 rings (SSSR count). The van der Waals surface area contributed by atoms with Crippen molar-refractivity contribution in [3.8, 4) is 5.75 Å². The number of carbonyl (C=O) groups excluding carboxylic acids is 2. The van der Waals surface area contributed by atoms with Gasteiger partial charge in [-0.05, 0) is 62.6 Å². The molecule has 2 N–H and O–H groups in total. The predicted octanol–water partition coefficient (Wildman–Crippen LogP) is 5.02. The number of hydrogen-bond acceptors (Lipinski definition) is 5. The number of fused-ring (bicyclic) bond motifs is 2. The Kier molecular flexibility index (Phi) is 10.1. The molecule has 2 aliphatic rings. The van der Waals surface area contributed by atoms with Crippen molar-refractivity contribution in [3.05, 3.63) is 59.8 Å². The molecule has 1 aromatic heterocycles. The standard InChI is InChI=1S/C35H48N4O4/c1-24-19-39(25(2)23-40)35(42)18-27-16-29(36-34(41)17-28-21-38(4)31-13-9-8-12-30(28)31)14-15-32(27)43-33(24)22-37(3)20-26-10-6-5-7-11-26/h8-9,12-16,21,24-26,33,40H,5-7,10-11,17-20,22-23H2,1-4H3,(H,36,41)/t24-,25-,33+/m1/s1. The summed E-state index contributed by atoms with van der Waals surface area (Å²) in [4.78, 5) is 30.9. The summed E-state index contributed by atoms with van der Waals surface area (Å²) in [5, 5.41) is 14.1. The number of ether oxygens (including phenoxy) is 1. The number of aliphatic hydroxyl groups is 1. The lowest BCUT2D eigenvalue weighted by Gasteiger charge is -2.35. The van der Waals surface area contributed by atoms with Crippen LogP contribution in [-0.4, -0.2) is 76.7 Å². The van der Waals surface area contributed by atoms with Gasteiger partial charge in [0.05, 0.1) is 25.5 Å². The minimum atomic E-state index is -0.291. The van der Waals surface area contributed by atoms with Gasteiger partial charge in [0.2, 0.25) is 11.8 Å². The van der Waals surface area contributed by atoms with Crippen LogP contribution in [0.3, 0.4) is 0 Å². The number of nitrogens with zero attached hydrogens (tertiary/aromatic N) is 3. The average molecular weight is 589 g/mol. The highest BCUT2D eigenvalue weighted by Gasteiger charge is 2.31. The Morgan fingerprint density at radius 3 is 2.67 bits per heavy atom. The molecule has 0 spiro atoms. The van der Waals surface area contributed by atoms with Crippen LogP contribution < -0.4 is 10.1 Å². The van der Waals surface area contributed by atoms with Crippen LogP contribution in [-0.2, 0) is 29.5 Å². The number of likely N-dealkylation sites (N-methyl/N-ethyl adjacent to an activating group) is 1. The third-order valence-electron chi connectivity index (χ3n) is 9.32. The second-order valence-electron chi connectivity index (χ2n) is 12.9. The van der Waals surface area contributed by atoms with E-state index in [1.807, 2.05) is 67.2 Å². The van der Waals surface area contributed by atoms with Gasteiger partial charge < -0.3 is 29.5 Å². The minimum absolute atomic E-state index is 0.0475. The van der Waals surface area contributed by atoms with Gasteiger partial charge in [-0.15, -0.1) is 0 Å².